The van der Waals surface area contributed by atoms with E-state index in [2.05, 4.69) is 31.2 Å². The molecule has 5 rings (SSSR count). The zero-order valence-electron chi connectivity index (χ0n) is 16.7. The Hall–Kier alpha value is -2.27. The van der Waals surface area contributed by atoms with Crippen molar-refractivity contribution in [3.63, 3.8) is 0 Å². The first kappa shape index (κ1) is 18.7. The summed E-state index contributed by atoms with van der Waals surface area (Å²) in [5.41, 5.74) is 3.43. The van der Waals surface area contributed by atoms with Crippen molar-refractivity contribution < 1.29 is 9.59 Å². The van der Waals surface area contributed by atoms with Crippen LogP contribution in [0, 0.1) is 12.8 Å². The molecule has 2 aromatic carbocycles. The topological polar surface area (TPSA) is 40.6 Å². The maximum atomic E-state index is 13.0. The lowest BCUT2D eigenvalue weighted by molar-refractivity contribution is -0.133. The molecule has 1 saturated carbocycles. The Morgan fingerprint density at radius 3 is 2.55 bits per heavy atom. The second kappa shape index (κ2) is 7.21. The second-order valence-electron chi connectivity index (χ2n) is 8.49. The highest BCUT2D eigenvalue weighted by Gasteiger charge is 2.51. The summed E-state index contributed by atoms with van der Waals surface area (Å²) < 4.78 is 0. The molecule has 0 N–H and O–H groups in total. The van der Waals surface area contributed by atoms with E-state index in [1.807, 2.05) is 40.1 Å². The Labute approximate surface area is 176 Å². The smallest absolute Gasteiger partial charge is 0.238 e. The highest BCUT2D eigenvalue weighted by molar-refractivity contribution is 8.02. The molecular weight excluding hydrogens is 380 g/mol. The third-order valence-electron chi connectivity index (χ3n) is 6.57. The number of nitrogens with zero attached hydrogens (tertiary/aromatic N) is 2. The maximum Gasteiger partial charge on any atom is 0.238 e. The van der Waals surface area contributed by atoms with E-state index in [4.69, 9.17) is 0 Å². The number of hydrogen-bond acceptors (Lipinski definition) is 3. The summed E-state index contributed by atoms with van der Waals surface area (Å²) in [5.74, 6) is 1.53. The summed E-state index contributed by atoms with van der Waals surface area (Å²) in [5, 5.41) is 0. The summed E-state index contributed by atoms with van der Waals surface area (Å²) >= 11 is 1.76. The number of rotatable bonds is 3. The predicted molar refractivity (Wildman–Crippen MR) is 117 cm³/mol. The minimum Gasteiger partial charge on any atom is -0.342 e. The van der Waals surface area contributed by atoms with E-state index in [1.54, 1.807) is 11.8 Å². The minimum absolute atomic E-state index is 0.136. The van der Waals surface area contributed by atoms with Gasteiger partial charge in [0, 0.05) is 24.7 Å². The number of anilines is 1. The molecule has 2 saturated heterocycles. The quantitative estimate of drug-likeness (QED) is 0.767. The van der Waals surface area contributed by atoms with Crippen LogP contribution in [0.5, 0.6) is 0 Å². The van der Waals surface area contributed by atoms with E-state index in [0.717, 1.165) is 43.6 Å². The number of piperidine rings is 1. The monoisotopic (exact) mass is 406 g/mol. The van der Waals surface area contributed by atoms with E-state index in [9.17, 15) is 9.59 Å². The molecule has 1 spiro atoms. The summed E-state index contributed by atoms with van der Waals surface area (Å²) in [7, 11) is 0. The van der Waals surface area contributed by atoms with Crippen molar-refractivity contribution >= 4 is 29.3 Å². The molecule has 4 nitrogen and oxygen atoms in total. The van der Waals surface area contributed by atoms with Crippen molar-refractivity contribution in [1.82, 2.24) is 4.90 Å². The van der Waals surface area contributed by atoms with Crippen LogP contribution in [-0.2, 0) is 9.59 Å². The molecule has 5 heteroatoms. The predicted octanol–water partition coefficient (Wildman–Crippen LogP) is 4.20. The Morgan fingerprint density at radius 2 is 1.83 bits per heavy atom. The highest BCUT2D eigenvalue weighted by atomic mass is 32.2. The number of carbonyl (C=O) groups excluding carboxylic acids is 2. The molecule has 2 heterocycles. The number of hydrogen-bond donors (Lipinski definition) is 0. The van der Waals surface area contributed by atoms with Crippen LogP contribution in [0.3, 0.4) is 0 Å². The van der Waals surface area contributed by atoms with Gasteiger partial charge in [0.15, 0.2) is 0 Å². The van der Waals surface area contributed by atoms with Crippen molar-refractivity contribution in [2.24, 2.45) is 5.92 Å². The lowest BCUT2D eigenvalue weighted by Gasteiger charge is -2.44. The molecule has 2 amide bonds. The molecule has 3 aliphatic rings. The van der Waals surface area contributed by atoms with Crippen molar-refractivity contribution in [3.05, 3.63) is 65.7 Å². The zero-order chi connectivity index (χ0) is 20.0. The molecule has 0 aromatic heterocycles. The van der Waals surface area contributed by atoms with Crippen LogP contribution in [0.1, 0.15) is 36.3 Å². The zero-order valence-corrected chi connectivity index (χ0v) is 17.5. The fraction of sp³-hybridized carbons (Fsp3) is 0.417. The molecule has 2 atom stereocenters. The van der Waals surface area contributed by atoms with E-state index in [0.29, 0.717) is 17.6 Å². The van der Waals surface area contributed by atoms with Crippen molar-refractivity contribution in [2.75, 3.05) is 23.7 Å². The maximum absolute atomic E-state index is 13.0. The van der Waals surface area contributed by atoms with Crippen LogP contribution < -0.4 is 4.90 Å². The summed E-state index contributed by atoms with van der Waals surface area (Å²) in [6, 6.07) is 18.6. The van der Waals surface area contributed by atoms with Crippen LogP contribution in [-0.4, -0.2) is 40.4 Å². The van der Waals surface area contributed by atoms with Crippen LogP contribution in [0.2, 0.25) is 0 Å². The van der Waals surface area contributed by atoms with E-state index >= 15 is 0 Å². The lowest BCUT2D eigenvalue weighted by atomic mass is 10.00. The molecular formula is C24H26N2O2S. The van der Waals surface area contributed by atoms with Gasteiger partial charge in [0.05, 0.1) is 10.6 Å². The average molecular weight is 407 g/mol. The van der Waals surface area contributed by atoms with Gasteiger partial charge in [-0.3, -0.25) is 14.5 Å². The average Bonchev–Trinajstić information content (AvgIpc) is 3.48. The van der Waals surface area contributed by atoms with Gasteiger partial charge in [-0.1, -0.05) is 42.5 Å². The fourth-order valence-corrected chi connectivity index (χ4v) is 6.24. The van der Waals surface area contributed by atoms with Gasteiger partial charge in [-0.05, 0) is 55.4 Å². The van der Waals surface area contributed by atoms with Crippen LogP contribution >= 0.6 is 11.8 Å². The van der Waals surface area contributed by atoms with Crippen molar-refractivity contribution in [1.29, 1.82) is 0 Å². The fourth-order valence-electron chi connectivity index (χ4n) is 4.91. The molecule has 0 radical (unpaired) electrons. The number of aryl methyl sites for hydroxylation is 1. The van der Waals surface area contributed by atoms with E-state index in [-0.39, 0.29) is 16.7 Å². The van der Waals surface area contributed by atoms with Crippen LogP contribution in [0.25, 0.3) is 0 Å². The largest absolute Gasteiger partial charge is 0.342 e. The summed E-state index contributed by atoms with van der Waals surface area (Å²) in [4.78, 5) is 29.6. The van der Waals surface area contributed by atoms with Crippen LogP contribution in [0.15, 0.2) is 54.6 Å². The van der Waals surface area contributed by atoms with Crippen molar-refractivity contribution in [2.45, 2.75) is 37.0 Å². The van der Waals surface area contributed by atoms with Gasteiger partial charge in [0.2, 0.25) is 11.8 Å². The number of benzene rings is 2. The SMILES string of the molecule is Cc1cccc(N2C(=O)CSC23CCN(C(=O)[C@@H]2C[C@H]2c2ccccc2)CC3)c1. The Balaban J connectivity index is 1.27. The molecule has 2 aromatic rings. The first-order chi connectivity index (χ1) is 14.1. The van der Waals surface area contributed by atoms with Gasteiger partial charge < -0.3 is 4.90 Å². The Morgan fingerprint density at radius 1 is 1.07 bits per heavy atom. The molecule has 0 bridgehead atoms. The van der Waals surface area contributed by atoms with Crippen LogP contribution in [0.4, 0.5) is 5.69 Å². The molecule has 0 unspecified atom stereocenters. The molecule has 29 heavy (non-hydrogen) atoms. The molecule has 3 fully saturated rings. The highest BCUT2D eigenvalue weighted by Crippen LogP contribution is 2.50. The standard InChI is InChI=1S/C24H26N2O2S/c1-17-6-5-9-19(14-17)26-22(27)16-29-24(26)10-12-25(13-11-24)23(28)21-15-20(21)18-7-3-2-4-8-18/h2-9,14,20-21H,10-13,15-16H2,1H3/t20-,21+/m0/s1. The van der Waals surface area contributed by atoms with Gasteiger partial charge in [-0.15, -0.1) is 11.8 Å². The third-order valence-corrected chi connectivity index (χ3v) is 8.09. The van der Waals surface area contributed by atoms with E-state index < -0.39 is 0 Å². The Bertz CT molecular complexity index is 937. The van der Waals surface area contributed by atoms with Gasteiger partial charge >= 0.3 is 0 Å². The van der Waals surface area contributed by atoms with Gasteiger partial charge in [-0.2, -0.15) is 0 Å². The third kappa shape index (κ3) is 3.35. The molecule has 2 aliphatic heterocycles. The number of likely N-dealkylation sites (tertiary alicyclic amines) is 1. The number of thioether (sulfide) groups is 1. The summed E-state index contributed by atoms with van der Waals surface area (Å²) in [6.07, 6.45) is 2.64. The van der Waals surface area contributed by atoms with Gasteiger partial charge in [-0.25, -0.2) is 0 Å². The number of carbonyl (C=O) groups is 2. The molecule has 1 aliphatic carbocycles. The first-order valence-electron chi connectivity index (χ1n) is 10.4. The number of amides is 2. The normalized spacial score (nSPS) is 25.5. The minimum atomic E-state index is -0.204. The second-order valence-corrected chi connectivity index (χ2v) is 9.82. The van der Waals surface area contributed by atoms with E-state index in [1.165, 1.54) is 5.56 Å². The first-order valence-corrected chi connectivity index (χ1v) is 11.4. The Kier molecular flexibility index (Phi) is 4.66. The summed E-state index contributed by atoms with van der Waals surface area (Å²) in [6.45, 7) is 3.53. The lowest BCUT2D eigenvalue weighted by Crippen LogP contribution is -2.53. The van der Waals surface area contributed by atoms with Gasteiger partial charge in [0.25, 0.3) is 0 Å². The van der Waals surface area contributed by atoms with Crippen molar-refractivity contribution in [3.8, 4) is 0 Å². The van der Waals surface area contributed by atoms with Gasteiger partial charge in [0.1, 0.15) is 0 Å². The molecule has 150 valence electrons.